The lowest BCUT2D eigenvalue weighted by Crippen LogP contribution is -2.49. The Hall–Kier alpha value is -1.10. The minimum atomic E-state index is -0.812. The fourth-order valence-corrected chi connectivity index (χ4v) is 4.23. The van der Waals surface area contributed by atoms with E-state index in [9.17, 15) is 14.7 Å². The normalized spacial score (nSPS) is 37.6. The van der Waals surface area contributed by atoms with Gasteiger partial charge in [-0.1, -0.05) is 6.42 Å². The maximum Gasteiger partial charge on any atom is 0.307 e. The maximum atomic E-state index is 12.3. The number of aliphatic carboxylic acids is 1. The Morgan fingerprint density at radius 2 is 1.80 bits per heavy atom. The third-order valence-electron chi connectivity index (χ3n) is 5.34. The molecule has 3 aliphatic rings. The number of carboxylic acid groups (broad SMARTS) is 1. The Labute approximate surface area is 119 Å². The first-order valence-corrected chi connectivity index (χ1v) is 7.92. The Bertz CT molecular complexity index is 399. The number of amides is 1. The van der Waals surface area contributed by atoms with Gasteiger partial charge in [-0.25, -0.2) is 0 Å². The predicted molar refractivity (Wildman–Crippen MR) is 74.2 cm³/mol. The minimum Gasteiger partial charge on any atom is -0.481 e. The van der Waals surface area contributed by atoms with Gasteiger partial charge in [0.1, 0.15) is 0 Å². The van der Waals surface area contributed by atoms with Crippen LogP contribution in [0.1, 0.15) is 44.9 Å². The smallest absolute Gasteiger partial charge is 0.307 e. The van der Waals surface area contributed by atoms with Gasteiger partial charge in [-0.3, -0.25) is 9.59 Å². The highest BCUT2D eigenvalue weighted by Crippen LogP contribution is 2.33. The highest BCUT2D eigenvalue weighted by Gasteiger charge is 2.39. The van der Waals surface area contributed by atoms with Crippen LogP contribution < -0.4 is 5.32 Å². The van der Waals surface area contributed by atoms with Crippen molar-refractivity contribution in [2.75, 3.05) is 13.1 Å². The van der Waals surface area contributed by atoms with E-state index in [4.69, 9.17) is 0 Å². The number of piperidine rings is 1. The van der Waals surface area contributed by atoms with Crippen LogP contribution in [0.2, 0.25) is 0 Å². The summed E-state index contributed by atoms with van der Waals surface area (Å²) in [5.74, 6) is -1.62. The fraction of sp³-hybridized carbons (Fsp3) is 0.867. The molecule has 0 radical (unpaired) electrons. The molecule has 2 unspecified atom stereocenters. The molecule has 1 saturated carbocycles. The van der Waals surface area contributed by atoms with Crippen LogP contribution in [0.5, 0.6) is 0 Å². The van der Waals surface area contributed by atoms with Crippen molar-refractivity contribution >= 4 is 11.9 Å². The number of fused-ring (bicyclic) bond motifs is 1. The van der Waals surface area contributed by atoms with E-state index in [1.54, 1.807) is 0 Å². The topological polar surface area (TPSA) is 69.6 Å². The third kappa shape index (κ3) is 2.68. The van der Waals surface area contributed by atoms with Crippen LogP contribution >= 0.6 is 0 Å². The predicted octanol–water partition coefficient (Wildman–Crippen LogP) is 1.23. The maximum absolute atomic E-state index is 12.3. The lowest BCUT2D eigenvalue weighted by Gasteiger charge is -2.35. The summed E-state index contributed by atoms with van der Waals surface area (Å²) in [6, 6.07) is 0.879. The standard InChI is InChI=1S/C15H24N2O3/c18-14(12-4-1-5-13(12)15(19)20)16-10-6-8-17-7-2-3-11(17)9-10/h10-13H,1-9H2,(H,16,18)(H,19,20)/t10?,11?,12-,13+/m1/s1. The summed E-state index contributed by atoms with van der Waals surface area (Å²) in [5, 5.41) is 12.3. The van der Waals surface area contributed by atoms with Gasteiger partial charge in [0, 0.05) is 18.6 Å². The summed E-state index contributed by atoms with van der Waals surface area (Å²) < 4.78 is 0. The second kappa shape index (κ2) is 5.72. The molecule has 2 saturated heterocycles. The highest BCUT2D eigenvalue weighted by atomic mass is 16.4. The molecule has 0 aromatic heterocycles. The molecule has 0 aromatic carbocycles. The van der Waals surface area contributed by atoms with Crippen molar-refractivity contribution in [1.82, 2.24) is 10.2 Å². The summed E-state index contributed by atoms with van der Waals surface area (Å²) in [7, 11) is 0. The second-order valence-corrected chi connectivity index (χ2v) is 6.54. The molecule has 20 heavy (non-hydrogen) atoms. The molecule has 2 heterocycles. The number of hydrogen-bond acceptors (Lipinski definition) is 3. The zero-order valence-electron chi connectivity index (χ0n) is 11.9. The molecule has 2 aliphatic heterocycles. The van der Waals surface area contributed by atoms with Crippen LogP contribution in [0, 0.1) is 11.8 Å². The van der Waals surface area contributed by atoms with Crippen molar-refractivity contribution in [3.8, 4) is 0 Å². The summed E-state index contributed by atoms with van der Waals surface area (Å²) >= 11 is 0. The van der Waals surface area contributed by atoms with Gasteiger partial charge in [0.2, 0.25) is 5.91 Å². The van der Waals surface area contributed by atoms with Crippen LogP contribution in [-0.4, -0.2) is 47.1 Å². The quantitative estimate of drug-likeness (QED) is 0.816. The Morgan fingerprint density at radius 3 is 2.60 bits per heavy atom. The van der Waals surface area contributed by atoms with Gasteiger partial charge in [-0.15, -0.1) is 0 Å². The number of carbonyl (C=O) groups is 2. The molecule has 1 aliphatic carbocycles. The van der Waals surface area contributed by atoms with Crippen LogP contribution in [0.25, 0.3) is 0 Å². The zero-order chi connectivity index (χ0) is 14.1. The molecule has 4 atom stereocenters. The second-order valence-electron chi connectivity index (χ2n) is 6.54. The molecule has 3 rings (SSSR count). The summed E-state index contributed by atoms with van der Waals surface area (Å²) in [6.45, 7) is 2.28. The fourth-order valence-electron chi connectivity index (χ4n) is 4.23. The van der Waals surface area contributed by atoms with E-state index in [0.29, 0.717) is 12.5 Å². The van der Waals surface area contributed by atoms with Crippen molar-refractivity contribution in [2.45, 2.75) is 57.0 Å². The molecule has 2 N–H and O–H groups in total. The molecular formula is C15H24N2O3. The molecule has 0 aromatic rings. The minimum absolute atomic E-state index is 0.0219. The van der Waals surface area contributed by atoms with E-state index in [0.717, 1.165) is 32.2 Å². The van der Waals surface area contributed by atoms with Crippen LogP contribution in [0.15, 0.2) is 0 Å². The van der Waals surface area contributed by atoms with Crippen molar-refractivity contribution < 1.29 is 14.7 Å². The molecular weight excluding hydrogens is 256 g/mol. The van der Waals surface area contributed by atoms with E-state index >= 15 is 0 Å². The van der Waals surface area contributed by atoms with Crippen molar-refractivity contribution in [3.63, 3.8) is 0 Å². The van der Waals surface area contributed by atoms with Gasteiger partial charge < -0.3 is 15.3 Å². The molecule has 0 spiro atoms. The van der Waals surface area contributed by atoms with Gasteiger partial charge in [-0.2, -0.15) is 0 Å². The average Bonchev–Trinajstić information content (AvgIpc) is 3.06. The first kappa shape index (κ1) is 13.9. The lowest BCUT2D eigenvalue weighted by atomic mass is 9.93. The molecule has 5 nitrogen and oxygen atoms in total. The van der Waals surface area contributed by atoms with Crippen LogP contribution in [0.4, 0.5) is 0 Å². The van der Waals surface area contributed by atoms with Gasteiger partial charge in [0.05, 0.1) is 11.8 Å². The number of nitrogens with one attached hydrogen (secondary N) is 1. The molecule has 3 fully saturated rings. The number of carbonyl (C=O) groups excluding carboxylic acids is 1. The molecule has 0 bridgehead atoms. The number of rotatable bonds is 3. The molecule has 112 valence electrons. The van der Waals surface area contributed by atoms with E-state index in [1.165, 1.54) is 19.4 Å². The monoisotopic (exact) mass is 280 g/mol. The SMILES string of the molecule is O=C(O)[C@H]1CCC[C@H]1C(=O)NC1CCN2CCCC2C1. The number of nitrogens with zero attached hydrogens (tertiary/aromatic N) is 1. The zero-order valence-corrected chi connectivity index (χ0v) is 11.9. The summed E-state index contributed by atoms with van der Waals surface area (Å²) in [6.07, 6.45) is 6.79. The Kier molecular flexibility index (Phi) is 3.96. The van der Waals surface area contributed by atoms with Gasteiger partial charge in [0.25, 0.3) is 0 Å². The summed E-state index contributed by atoms with van der Waals surface area (Å²) in [4.78, 5) is 26.0. The highest BCUT2D eigenvalue weighted by molar-refractivity contribution is 5.85. The lowest BCUT2D eigenvalue weighted by molar-refractivity contribution is -0.146. The number of carboxylic acids is 1. The van der Waals surface area contributed by atoms with Crippen LogP contribution in [-0.2, 0) is 9.59 Å². The van der Waals surface area contributed by atoms with E-state index in [-0.39, 0.29) is 17.9 Å². The van der Waals surface area contributed by atoms with Crippen LogP contribution in [0.3, 0.4) is 0 Å². The van der Waals surface area contributed by atoms with E-state index < -0.39 is 11.9 Å². The van der Waals surface area contributed by atoms with Gasteiger partial charge in [-0.05, 0) is 45.1 Å². The third-order valence-corrected chi connectivity index (χ3v) is 5.34. The van der Waals surface area contributed by atoms with Crippen molar-refractivity contribution in [2.24, 2.45) is 11.8 Å². The van der Waals surface area contributed by atoms with Gasteiger partial charge >= 0.3 is 5.97 Å². The largest absolute Gasteiger partial charge is 0.481 e. The van der Waals surface area contributed by atoms with Crippen molar-refractivity contribution in [3.05, 3.63) is 0 Å². The molecule has 1 amide bonds. The average molecular weight is 280 g/mol. The van der Waals surface area contributed by atoms with Crippen molar-refractivity contribution in [1.29, 1.82) is 0 Å². The Balaban J connectivity index is 1.55. The van der Waals surface area contributed by atoms with E-state index in [1.807, 2.05) is 0 Å². The van der Waals surface area contributed by atoms with Gasteiger partial charge in [0.15, 0.2) is 0 Å². The summed E-state index contributed by atoms with van der Waals surface area (Å²) in [5.41, 5.74) is 0. The van der Waals surface area contributed by atoms with E-state index in [2.05, 4.69) is 10.2 Å². The first-order chi connectivity index (χ1) is 9.65. The Morgan fingerprint density at radius 1 is 1.00 bits per heavy atom. The number of hydrogen-bond donors (Lipinski definition) is 2. The molecule has 5 heteroatoms. The first-order valence-electron chi connectivity index (χ1n) is 7.92.